The molecule has 25 heavy (non-hydrogen) atoms. The van der Waals surface area contributed by atoms with E-state index in [9.17, 15) is 14.0 Å². The predicted octanol–water partition coefficient (Wildman–Crippen LogP) is 3.09. The molecular formula is C19H27FN2O3. The van der Waals surface area contributed by atoms with E-state index in [-0.39, 0.29) is 17.8 Å². The van der Waals surface area contributed by atoms with Crippen molar-refractivity contribution in [2.75, 3.05) is 32.8 Å². The van der Waals surface area contributed by atoms with E-state index in [0.717, 1.165) is 12.0 Å². The van der Waals surface area contributed by atoms with Crippen LogP contribution < -0.4 is 0 Å². The molecule has 1 saturated heterocycles. The van der Waals surface area contributed by atoms with Gasteiger partial charge in [-0.3, -0.25) is 4.79 Å². The molecule has 0 N–H and O–H groups in total. The number of amides is 2. The fourth-order valence-electron chi connectivity index (χ4n) is 2.74. The van der Waals surface area contributed by atoms with Crippen LogP contribution >= 0.6 is 0 Å². The van der Waals surface area contributed by atoms with Gasteiger partial charge in [0.2, 0.25) is 5.91 Å². The number of nitrogens with zero attached hydrogens (tertiary/aromatic N) is 2. The average Bonchev–Trinajstić information content (AvgIpc) is 2.85. The first-order valence-corrected chi connectivity index (χ1v) is 8.89. The summed E-state index contributed by atoms with van der Waals surface area (Å²) in [5, 5.41) is 0. The highest BCUT2D eigenvalue weighted by Crippen LogP contribution is 2.10. The Morgan fingerprint density at radius 2 is 1.72 bits per heavy atom. The standard InChI is InChI=1S/C19H27FN2O3/c1-15(2)14-25-19(24)22-11-3-10-21(12-13-22)18(23)9-6-16-4-7-17(20)8-5-16/h4-5,7-8,15H,3,6,9-14H2,1-2H3. The fourth-order valence-corrected chi connectivity index (χ4v) is 2.74. The van der Waals surface area contributed by atoms with Crippen LogP contribution in [0.1, 0.15) is 32.3 Å². The number of benzene rings is 1. The summed E-state index contributed by atoms with van der Waals surface area (Å²) in [5.41, 5.74) is 0.948. The fraction of sp³-hybridized carbons (Fsp3) is 0.579. The minimum absolute atomic E-state index is 0.0710. The number of carbonyl (C=O) groups excluding carboxylic acids is 2. The Balaban J connectivity index is 1.78. The van der Waals surface area contributed by atoms with Crippen LogP contribution in [-0.4, -0.2) is 54.6 Å². The van der Waals surface area contributed by atoms with Gasteiger partial charge in [0.1, 0.15) is 5.82 Å². The minimum Gasteiger partial charge on any atom is -0.449 e. The van der Waals surface area contributed by atoms with Crippen LogP contribution in [0.4, 0.5) is 9.18 Å². The predicted molar refractivity (Wildman–Crippen MR) is 93.7 cm³/mol. The van der Waals surface area contributed by atoms with E-state index in [1.165, 1.54) is 12.1 Å². The van der Waals surface area contributed by atoms with Crippen LogP contribution in [0.2, 0.25) is 0 Å². The summed E-state index contributed by atoms with van der Waals surface area (Å²) in [6, 6.07) is 6.23. The molecule has 0 bridgehead atoms. The molecule has 0 spiro atoms. The Kier molecular flexibility index (Phi) is 7.22. The maximum absolute atomic E-state index is 12.9. The third-order valence-electron chi connectivity index (χ3n) is 4.19. The van der Waals surface area contributed by atoms with Gasteiger partial charge in [-0.2, -0.15) is 0 Å². The van der Waals surface area contributed by atoms with Gasteiger partial charge >= 0.3 is 6.09 Å². The van der Waals surface area contributed by atoms with E-state index >= 15 is 0 Å². The van der Waals surface area contributed by atoms with Gasteiger partial charge in [-0.05, 0) is 36.5 Å². The van der Waals surface area contributed by atoms with Gasteiger partial charge in [-0.15, -0.1) is 0 Å². The lowest BCUT2D eigenvalue weighted by molar-refractivity contribution is -0.131. The zero-order chi connectivity index (χ0) is 18.2. The van der Waals surface area contributed by atoms with Gasteiger partial charge < -0.3 is 14.5 Å². The maximum Gasteiger partial charge on any atom is 0.409 e. The zero-order valence-electron chi connectivity index (χ0n) is 15.0. The molecule has 0 aromatic heterocycles. The highest BCUT2D eigenvalue weighted by molar-refractivity contribution is 5.76. The SMILES string of the molecule is CC(C)COC(=O)N1CCCN(C(=O)CCc2ccc(F)cc2)CC1. The number of carbonyl (C=O) groups is 2. The molecule has 6 heteroatoms. The summed E-state index contributed by atoms with van der Waals surface area (Å²) in [5.74, 6) is 0.106. The highest BCUT2D eigenvalue weighted by Gasteiger charge is 2.22. The van der Waals surface area contributed by atoms with Crippen molar-refractivity contribution in [1.82, 2.24) is 9.80 Å². The van der Waals surface area contributed by atoms with Crippen LogP contribution in [0, 0.1) is 11.7 Å². The molecule has 0 saturated carbocycles. The average molecular weight is 350 g/mol. The van der Waals surface area contributed by atoms with E-state index in [0.29, 0.717) is 51.5 Å². The Hall–Kier alpha value is -2.11. The quantitative estimate of drug-likeness (QED) is 0.820. The van der Waals surface area contributed by atoms with Crippen molar-refractivity contribution in [2.24, 2.45) is 5.92 Å². The minimum atomic E-state index is -0.297. The van der Waals surface area contributed by atoms with Gasteiger partial charge in [0.05, 0.1) is 6.61 Å². The van der Waals surface area contributed by atoms with Crippen molar-refractivity contribution >= 4 is 12.0 Å². The van der Waals surface area contributed by atoms with E-state index < -0.39 is 0 Å². The second kappa shape index (κ2) is 9.39. The molecule has 0 radical (unpaired) electrons. The molecule has 1 aromatic rings. The highest BCUT2D eigenvalue weighted by atomic mass is 19.1. The van der Waals surface area contributed by atoms with Crippen LogP contribution in [-0.2, 0) is 16.0 Å². The molecule has 2 rings (SSSR count). The lowest BCUT2D eigenvalue weighted by atomic mass is 10.1. The van der Waals surface area contributed by atoms with Crippen molar-refractivity contribution in [3.05, 3.63) is 35.6 Å². The lowest BCUT2D eigenvalue weighted by Gasteiger charge is -2.22. The van der Waals surface area contributed by atoms with Crippen molar-refractivity contribution in [3.8, 4) is 0 Å². The van der Waals surface area contributed by atoms with Crippen LogP contribution in [0.15, 0.2) is 24.3 Å². The van der Waals surface area contributed by atoms with Gasteiger partial charge in [0.15, 0.2) is 0 Å². The molecule has 2 amide bonds. The topological polar surface area (TPSA) is 49.9 Å². The number of aryl methyl sites for hydroxylation is 1. The molecular weight excluding hydrogens is 323 g/mol. The van der Waals surface area contributed by atoms with Gasteiger partial charge in [0.25, 0.3) is 0 Å². The molecule has 0 unspecified atom stereocenters. The van der Waals surface area contributed by atoms with Gasteiger partial charge in [-0.1, -0.05) is 26.0 Å². The second-order valence-electron chi connectivity index (χ2n) is 6.82. The summed E-state index contributed by atoms with van der Waals surface area (Å²) in [6.07, 6.45) is 1.44. The van der Waals surface area contributed by atoms with Crippen molar-refractivity contribution in [2.45, 2.75) is 33.1 Å². The molecule has 1 heterocycles. The molecule has 0 aliphatic carbocycles. The second-order valence-corrected chi connectivity index (χ2v) is 6.82. The summed E-state index contributed by atoms with van der Waals surface area (Å²) in [6.45, 7) is 6.69. The monoisotopic (exact) mass is 350 g/mol. The lowest BCUT2D eigenvalue weighted by Crippen LogP contribution is -2.38. The van der Waals surface area contributed by atoms with Gasteiger partial charge in [-0.25, -0.2) is 9.18 Å². The number of hydrogen-bond donors (Lipinski definition) is 0. The van der Waals surface area contributed by atoms with E-state index in [2.05, 4.69) is 0 Å². The number of rotatable bonds is 5. The van der Waals surface area contributed by atoms with Crippen LogP contribution in [0.3, 0.4) is 0 Å². The van der Waals surface area contributed by atoms with E-state index in [1.54, 1.807) is 21.9 Å². The largest absolute Gasteiger partial charge is 0.449 e. The molecule has 1 fully saturated rings. The molecule has 1 aliphatic heterocycles. The number of hydrogen-bond acceptors (Lipinski definition) is 3. The zero-order valence-corrected chi connectivity index (χ0v) is 15.0. The Morgan fingerprint density at radius 1 is 1.08 bits per heavy atom. The third kappa shape index (κ3) is 6.36. The van der Waals surface area contributed by atoms with E-state index in [1.807, 2.05) is 13.8 Å². The first-order chi connectivity index (χ1) is 12.0. The molecule has 1 aliphatic rings. The Bertz CT molecular complexity index is 575. The van der Waals surface area contributed by atoms with Gasteiger partial charge in [0, 0.05) is 32.6 Å². The Labute approximate surface area is 148 Å². The molecule has 5 nitrogen and oxygen atoms in total. The van der Waals surface area contributed by atoms with Crippen LogP contribution in [0.5, 0.6) is 0 Å². The normalized spacial score (nSPS) is 15.2. The Morgan fingerprint density at radius 3 is 2.40 bits per heavy atom. The molecule has 138 valence electrons. The first kappa shape index (κ1) is 19.2. The smallest absolute Gasteiger partial charge is 0.409 e. The number of halogens is 1. The van der Waals surface area contributed by atoms with Crippen molar-refractivity contribution in [3.63, 3.8) is 0 Å². The number of ether oxygens (including phenoxy) is 1. The van der Waals surface area contributed by atoms with Crippen molar-refractivity contribution in [1.29, 1.82) is 0 Å². The summed E-state index contributed by atoms with van der Waals surface area (Å²) in [4.78, 5) is 27.9. The molecule has 0 atom stereocenters. The van der Waals surface area contributed by atoms with Crippen molar-refractivity contribution < 1.29 is 18.7 Å². The molecule has 1 aromatic carbocycles. The summed E-state index contributed by atoms with van der Waals surface area (Å²) in [7, 11) is 0. The maximum atomic E-state index is 12.9. The van der Waals surface area contributed by atoms with Crippen LogP contribution in [0.25, 0.3) is 0 Å². The third-order valence-corrected chi connectivity index (χ3v) is 4.19. The van der Waals surface area contributed by atoms with E-state index in [4.69, 9.17) is 4.74 Å². The summed E-state index contributed by atoms with van der Waals surface area (Å²) >= 11 is 0. The first-order valence-electron chi connectivity index (χ1n) is 8.89. The summed E-state index contributed by atoms with van der Waals surface area (Å²) < 4.78 is 18.2.